The summed E-state index contributed by atoms with van der Waals surface area (Å²) in [5.41, 5.74) is 12.4. The number of nitrogens with two attached hydrogens (primary N) is 1. The van der Waals surface area contributed by atoms with Gasteiger partial charge < -0.3 is 25.8 Å². The van der Waals surface area contributed by atoms with E-state index in [9.17, 15) is 0 Å². The van der Waals surface area contributed by atoms with Gasteiger partial charge in [-0.3, -0.25) is 4.98 Å². The molecule has 38 heavy (non-hydrogen) atoms. The summed E-state index contributed by atoms with van der Waals surface area (Å²) in [4.78, 5) is 4.53. The van der Waals surface area contributed by atoms with Gasteiger partial charge in [0, 0.05) is 42.1 Å². The van der Waals surface area contributed by atoms with Crippen molar-refractivity contribution in [2.24, 2.45) is 5.73 Å². The number of rotatable bonds is 5. The molecule has 0 spiro atoms. The summed E-state index contributed by atoms with van der Waals surface area (Å²) >= 11 is 0. The predicted molar refractivity (Wildman–Crippen MR) is 154 cm³/mol. The Hall–Kier alpha value is -4.97. The highest BCUT2D eigenvalue weighted by atomic mass is 16.5. The minimum Gasteiger partial charge on any atom is -0.472 e. The van der Waals surface area contributed by atoms with Crippen LogP contribution in [-0.4, -0.2) is 18.4 Å². The summed E-state index contributed by atoms with van der Waals surface area (Å²) in [6, 6.07) is 19.7. The number of allylic oxidation sites excluding steroid dienone is 3. The molecule has 4 N–H and O–H groups in total. The number of aromatic nitrogens is 1. The molecule has 3 heterocycles. The highest BCUT2D eigenvalue weighted by molar-refractivity contribution is 6.27. The van der Waals surface area contributed by atoms with Crippen molar-refractivity contribution in [3.8, 4) is 11.1 Å². The molecule has 0 atom stereocenters. The first-order valence-electron chi connectivity index (χ1n) is 12.6. The van der Waals surface area contributed by atoms with Gasteiger partial charge in [0.15, 0.2) is 13.5 Å². The molecule has 6 heteroatoms. The fourth-order valence-electron chi connectivity index (χ4n) is 5.53. The Morgan fingerprint density at radius 1 is 0.842 bits per heavy atom. The zero-order valence-corrected chi connectivity index (χ0v) is 20.9. The standard InChI is InChI=1S/C32H26N4O2/c1-19(29-15-35-17-37-29)10-22(12-33)25-6-2-20-5-9-28-26(7-3-21-4-8-27(25)31(20)32(21)28)23-11-24(14-34-13-23)30-16-36-18-38-30/h2-16,35-36H,17-18,33H2,1H3/b19-10+,22-12+. The normalized spacial score (nSPS) is 15.8. The monoisotopic (exact) mass is 498 g/mol. The van der Waals surface area contributed by atoms with Crippen molar-refractivity contribution in [3.05, 3.63) is 114 Å². The Bertz CT molecular complexity index is 1850. The number of pyridine rings is 1. The van der Waals surface area contributed by atoms with Crippen molar-refractivity contribution in [2.75, 3.05) is 13.5 Å². The average Bonchev–Trinajstić information content (AvgIpc) is 3.70. The molecule has 2 aliphatic heterocycles. The Labute approximate surface area is 220 Å². The lowest BCUT2D eigenvalue weighted by Crippen LogP contribution is -1.99. The van der Waals surface area contributed by atoms with Crippen LogP contribution >= 0.6 is 0 Å². The maximum absolute atomic E-state index is 6.18. The minimum absolute atomic E-state index is 0.482. The van der Waals surface area contributed by atoms with Gasteiger partial charge >= 0.3 is 0 Å². The zero-order valence-electron chi connectivity index (χ0n) is 20.9. The van der Waals surface area contributed by atoms with Gasteiger partial charge in [0.25, 0.3) is 0 Å². The van der Waals surface area contributed by atoms with Crippen LogP contribution in [0, 0.1) is 0 Å². The third-order valence-corrected chi connectivity index (χ3v) is 7.34. The molecule has 0 saturated heterocycles. The molecule has 0 aliphatic carbocycles. The fourth-order valence-corrected chi connectivity index (χ4v) is 5.53. The van der Waals surface area contributed by atoms with E-state index in [2.05, 4.69) is 76.3 Å². The minimum atomic E-state index is 0.482. The molecule has 5 aromatic rings. The molecule has 0 bridgehead atoms. The van der Waals surface area contributed by atoms with Crippen LogP contribution in [0.5, 0.6) is 0 Å². The summed E-state index contributed by atoms with van der Waals surface area (Å²) in [6.45, 7) is 3.01. The molecule has 4 aromatic carbocycles. The quantitative estimate of drug-likeness (QED) is 0.198. The van der Waals surface area contributed by atoms with Crippen LogP contribution in [-0.2, 0) is 9.47 Å². The van der Waals surface area contributed by atoms with Crippen molar-refractivity contribution in [1.82, 2.24) is 15.6 Å². The van der Waals surface area contributed by atoms with Gasteiger partial charge in [0.05, 0.1) is 0 Å². The van der Waals surface area contributed by atoms with Gasteiger partial charge in [0.2, 0.25) is 0 Å². The maximum atomic E-state index is 6.18. The molecule has 0 radical (unpaired) electrons. The van der Waals surface area contributed by atoms with Crippen molar-refractivity contribution in [2.45, 2.75) is 6.92 Å². The van der Waals surface area contributed by atoms with E-state index < -0.39 is 0 Å². The summed E-state index contributed by atoms with van der Waals surface area (Å²) < 4.78 is 11.4. The fraction of sp³-hybridized carbons (Fsp3) is 0.0938. The number of ether oxygens (including phenoxy) is 2. The highest BCUT2D eigenvalue weighted by Crippen LogP contribution is 2.41. The van der Waals surface area contributed by atoms with Crippen LogP contribution in [0.3, 0.4) is 0 Å². The molecule has 1 aromatic heterocycles. The number of hydrogen-bond acceptors (Lipinski definition) is 6. The second-order valence-electron chi connectivity index (χ2n) is 9.56. The molecule has 6 nitrogen and oxygen atoms in total. The molecular weight excluding hydrogens is 472 g/mol. The number of nitrogens with zero attached hydrogens (tertiary/aromatic N) is 1. The first kappa shape index (κ1) is 22.2. The lowest BCUT2D eigenvalue weighted by Gasteiger charge is -2.17. The van der Waals surface area contributed by atoms with E-state index in [1.165, 1.54) is 32.3 Å². The Morgan fingerprint density at radius 2 is 1.55 bits per heavy atom. The molecule has 0 amide bonds. The molecule has 0 fully saturated rings. The van der Waals surface area contributed by atoms with E-state index in [1.807, 2.05) is 31.7 Å². The largest absolute Gasteiger partial charge is 0.472 e. The zero-order chi connectivity index (χ0) is 25.6. The van der Waals surface area contributed by atoms with Crippen LogP contribution in [0.2, 0.25) is 0 Å². The first-order chi connectivity index (χ1) is 18.7. The lowest BCUT2D eigenvalue weighted by atomic mass is 9.87. The van der Waals surface area contributed by atoms with Crippen LogP contribution in [0.1, 0.15) is 18.1 Å². The molecule has 2 aliphatic rings. The van der Waals surface area contributed by atoms with Crippen molar-refractivity contribution < 1.29 is 9.47 Å². The third-order valence-electron chi connectivity index (χ3n) is 7.34. The SMILES string of the molecule is C/C(=C\C(=C/N)c1ccc2ccc3c(-c4cncc(C5=CNCO5)c4)ccc4ccc1c2c43)C1=CNCO1. The van der Waals surface area contributed by atoms with Gasteiger partial charge in [-0.25, -0.2) is 0 Å². The van der Waals surface area contributed by atoms with E-state index >= 15 is 0 Å². The summed E-state index contributed by atoms with van der Waals surface area (Å²) in [5.74, 6) is 1.64. The smallest absolute Gasteiger partial charge is 0.158 e. The van der Waals surface area contributed by atoms with Gasteiger partial charge in [-0.05, 0) is 73.7 Å². The van der Waals surface area contributed by atoms with Crippen LogP contribution in [0.25, 0.3) is 54.8 Å². The number of benzene rings is 4. The predicted octanol–water partition coefficient (Wildman–Crippen LogP) is 6.19. The molecule has 0 saturated carbocycles. The summed E-state index contributed by atoms with van der Waals surface area (Å²) in [6.07, 6.45) is 11.3. The van der Waals surface area contributed by atoms with E-state index in [0.717, 1.165) is 44.9 Å². The van der Waals surface area contributed by atoms with Gasteiger partial charge in [0.1, 0.15) is 11.5 Å². The van der Waals surface area contributed by atoms with Gasteiger partial charge in [-0.15, -0.1) is 0 Å². The highest BCUT2D eigenvalue weighted by Gasteiger charge is 2.17. The maximum Gasteiger partial charge on any atom is 0.158 e. The molecule has 186 valence electrons. The Kier molecular flexibility index (Phi) is 5.18. The summed E-state index contributed by atoms with van der Waals surface area (Å²) in [7, 11) is 0. The Morgan fingerprint density at radius 3 is 2.32 bits per heavy atom. The van der Waals surface area contributed by atoms with Crippen LogP contribution < -0.4 is 16.4 Å². The number of hydrogen-bond donors (Lipinski definition) is 3. The molecule has 7 rings (SSSR count). The van der Waals surface area contributed by atoms with Gasteiger partial charge in [-0.1, -0.05) is 48.5 Å². The average molecular weight is 499 g/mol. The molecular formula is C32H26N4O2. The van der Waals surface area contributed by atoms with Crippen molar-refractivity contribution in [1.29, 1.82) is 0 Å². The first-order valence-corrected chi connectivity index (χ1v) is 12.6. The van der Waals surface area contributed by atoms with Crippen molar-refractivity contribution in [3.63, 3.8) is 0 Å². The van der Waals surface area contributed by atoms with E-state index in [4.69, 9.17) is 15.2 Å². The van der Waals surface area contributed by atoms with E-state index in [-0.39, 0.29) is 0 Å². The van der Waals surface area contributed by atoms with Crippen LogP contribution in [0.15, 0.2) is 103 Å². The summed E-state index contributed by atoms with van der Waals surface area (Å²) in [5, 5.41) is 13.4. The van der Waals surface area contributed by atoms with Crippen LogP contribution in [0.4, 0.5) is 0 Å². The molecule has 0 unspecified atom stereocenters. The van der Waals surface area contributed by atoms with Gasteiger partial charge in [-0.2, -0.15) is 0 Å². The number of nitrogens with one attached hydrogen (secondary N) is 2. The Balaban J connectivity index is 1.42. The third kappa shape index (κ3) is 3.53. The van der Waals surface area contributed by atoms with Crippen molar-refractivity contribution >= 4 is 43.6 Å². The van der Waals surface area contributed by atoms with E-state index in [1.54, 1.807) is 6.20 Å². The lowest BCUT2D eigenvalue weighted by molar-refractivity contribution is 0.240. The second-order valence-corrected chi connectivity index (χ2v) is 9.56. The second kappa shape index (κ2) is 8.85. The topological polar surface area (TPSA) is 81.4 Å². The van der Waals surface area contributed by atoms with E-state index in [0.29, 0.717) is 13.5 Å².